The van der Waals surface area contributed by atoms with Crippen LogP contribution in [0.4, 0.5) is 5.69 Å². The molecule has 1 aliphatic rings. The maximum Gasteiger partial charge on any atom is 0.253 e. The molecule has 2 heterocycles. The Hall–Kier alpha value is -3.08. The molecular weight excluding hydrogens is 360 g/mol. The van der Waals surface area contributed by atoms with E-state index in [1.807, 2.05) is 47.2 Å². The van der Waals surface area contributed by atoms with Crippen LogP contribution in [0.5, 0.6) is 0 Å². The van der Waals surface area contributed by atoms with Gasteiger partial charge in [0.1, 0.15) is 0 Å². The molecule has 4 rings (SSSR count). The summed E-state index contributed by atoms with van der Waals surface area (Å²) in [7, 11) is 1.93. The monoisotopic (exact) mass is 388 g/mol. The Labute approximate surface area is 172 Å². The molecule has 0 saturated carbocycles. The highest BCUT2D eigenvalue weighted by atomic mass is 16.2. The summed E-state index contributed by atoms with van der Waals surface area (Å²) in [6, 6.07) is 14.5. The van der Waals surface area contributed by atoms with Crippen LogP contribution in [-0.2, 0) is 13.5 Å². The van der Waals surface area contributed by atoms with Crippen LogP contribution in [0.3, 0.4) is 0 Å². The van der Waals surface area contributed by atoms with E-state index in [9.17, 15) is 4.79 Å². The molecule has 1 saturated heterocycles. The van der Waals surface area contributed by atoms with Crippen LogP contribution in [0.2, 0.25) is 0 Å². The van der Waals surface area contributed by atoms with E-state index in [1.165, 1.54) is 11.1 Å². The minimum absolute atomic E-state index is 0.0877. The molecule has 1 fully saturated rings. The quantitative estimate of drug-likeness (QED) is 0.680. The normalized spacial score (nSPS) is 14.9. The lowest BCUT2D eigenvalue weighted by Gasteiger charge is -2.32. The summed E-state index contributed by atoms with van der Waals surface area (Å²) in [5, 5.41) is 4.24. The molecule has 0 spiro atoms. The second-order valence-corrected chi connectivity index (χ2v) is 7.86. The number of hydrogen-bond donors (Lipinski definition) is 1. The number of aromatic nitrogens is 2. The standard InChI is InChI=1S/C24H28N4O/c1-3-17-4-9-21(14-23(17)25)24(29)28-12-10-20(11-13-28)18-5-7-19(8-6-18)22-15-26-27(2)16-22/h4-9,14-16,20H,3,10-13,25H2,1-2H3. The van der Waals surface area contributed by atoms with Crippen molar-refractivity contribution in [1.29, 1.82) is 0 Å². The van der Waals surface area contributed by atoms with Gasteiger partial charge in [-0.1, -0.05) is 37.3 Å². The van der Waals surface area contributed by atoms with Crippen molar-refractivity contribution in [2.24, 2.45) is 7.05 Å². The lowest BCUT2D eigenvalue weighted by atomic mass is 9.88. The molecule has 2 aromatic carbocycles. The average molecular weight is 389 g/mol. The predicted molar refractivity (Wildman–Crippen MR) is 117 cm³/mol. The Kier molecular flexibility index (Phi) is 5.38. The van der Waals surface area contributed by atoms with E-state index in [0.717, 1.165) is 43.5 Å². The highest BCUT2D eigenvalue weighted by Crippen LogP contribution is 2.30. The van der Waals surface area contributed by atoms with Gasteiger partial charge in [0.25, 0.3) is 5.91 Å². The summed E-state index contributed by atoms with van der Waals surface area (Å²) in [4.78, 5) is 14.8. The molecule has 0 radical (unpaired) electrons. The summed E-state index contributed by atoms with van der Waals surface area (Å²) in [5.74, 6) is 0.583. The number of benzene rings is 2. The number of carbonyl (C=O) groups excluding carboxylic acids is 1. The van der Waals surface area contributed by atoms with Crippen molar-refractivity contribution in [3.8, 4) is 11.1 Å². The lowest BCUT2D eigenvalue weighted by molar-refractivity contribution is 0.0713. The molecule has 0 aliphatic carbocycles. The molecular formula is C24H28N4O. The number of likely N-dealkylation sites (tertiary alicyclic amines) is 1. The third kappa shape index (κ3) is 4.04. The fourth-order valence-corrected chi connectivity index (χ4v) is 4.17. The van der Waals surface area contributed by atoms with E-state index in [4.69, 9.17) is 5.73 Å². The molecule has 1 aromatic heterocycles. The number of anilines is 1. The van der Waals surface area contributed by atoms with Crippen LogP contribution in [-0.4, -0.2) is 33.7 Å². The van der Waals surface area contributed by atoms with Gasteiger partial charge >= 0.3 is 0 Å². The molecule has 1 amide bonds. The molecule has 2 N–H and O–H groups in total. The highest BCUT2D eigenvalue weighted by molar-refractivity contribution is 5.95. The van der Waals surface area contributed by atoms with E-state index >= 15 is 0 Å². The molecule has 1 aliphatic heterocycles. The zero-order chi connectivity index (χ0) is 20.4. The Bertz CT molecular complexity index is 998. The number of carbonyl (C=O) groups is 1. The SMILES string of the molecule is CCc1ccc(C(=O)N2CCC(c3ccc(-c4cnn(C)c4)cc3)CC2)cc1N. The van der Waals surface area contributed by atoms with Gasteiger partial charge in [0.2, 0.25) is 0 Å². The van der Waals surface area contributed by atoms with Gasteiger partial charge < -0.3 is 10.6 Å². The third-order valence-electron chi connectivity index (χ3n) is 5.98. The van der Waals surface area contributed by atoms with Crippen molar-refractivity contribution in [1.82, 2.24) is 14.7 Å². The van der Waals surface area contributed by atoms with Crippen molar-refractivity contribution in [2.75, 3.05) is 18.8 Å². The molecule has 0 unspecified atom stereocenters. The van der Waals surface area contributed by atoms with Gasteiger partial charge in [-0.3, -0.25) is 9.48 Å². The van der Waals surface area contributed by atoms with Gasteiger partial charge in [0, 0.05) is 43.1 Å². The van der Waals surface area contributed by atoms with Crippen LogP contribution in [0, 0.1) is 0 Å². The number of nitrogens with two attached hydrogens (primary N) is 1. The summed E-state index contributed by atoms with van der Waals surface area (Å²) >= 11 is 0. The second-order valence-electron chi connectivity index (χ2n) is 7.86. The van der Waals surface area contributed by atoms with Crippen LogP contribution in [0.25, 0.3) is 11.1 Å². The minimum Gasteiger partial charge on any atom is -0.398 e. The van der Waals surface area contributed by atoms with Gasteiger partial charge in [-0.25, -0.2) is 0 Å². The highest BCUT2D eigenvalue weighted by Gasteiger charge is 2.25. The maximum atomic E-state index is 12.9. The second kappa shape index (κ2) is 8.11. The molecule has 150 valence electrons. The number of nitrogens with zero attached hydrogens (tertiary/aromatic N) is 3. The Morgan fingerprint density at radius 3 is 2.41 bits per heavy atom. The van der Waals surface area contributed by atoms with E-state index < -0.39 is 0 Å². The van der Waals surface area contributed by atoms with Gasteiger partial charge in [-0.05, 0) is 54.0 Å². The first-order valence-corrected chi connectivity index (χ1v) is 10.3. The van der Waals surface area contributed by atoms with Gasteiger partial charge in [-0.2, -0.15) is 5.10 Å². The van der Waals surface area contributed by atoms with Gasteiger partial charge in [-0.15, -0.1) is 0 Å². The molecule has 0 atom stereocenters. The van der Waals surface area contributed by atoms with Crippen molar-refractivity contribution in [2.45, 2.75) is 32.1 Å². The Balaban J connectivity index is 1.39. The topological polar surface area (TPSA) is 64.2 Å². The fourth-order valence-electron chi connectivity index (χ4n) is 4.17. The first-order valence-electron chi connectivity index (χ1n) is 10.3. The van der Waals surface area contributed by atoms with Crippen molar-refractivity contribution >= 4 is 11.6 Å². The first-order chi connectivity index (χ1) is 14.0. The van der Waals surface area contributed by atoms with E-state index in [-0.39, 0.29) is 5.91 Å². The van der Waals surface area contributed by atoms with E-state index in [0.29, 0.717) is 17.2 Å². The summed E-state index contributed by atoms with van der Waals surface area (Å²) in [5.41, 5.74) is 12.2. The molecule has 0 bridgehead atoms. The molecule has 3 aromatic rings. The largest absolute Gasteiger partial charge is 0.398 e. The molecule has 5 nitrogen and oxygen atoms in total. The van der Waals surface area contributed by atoms with Crippen molar-refractivity contribution in [3.63, 3.8) is 0 Å². The third-order valence-corrected chi connectivity index (χ3v) is 5.98. The molecule has 29 heavy (non-hydrogen) atoms. The first kappa shape index (κ1) is 19.2. The van der Waals surface area contributed by atoms with Crippen molar-refractivity contribution < 1.29 is 4.79 Å². The van der Waals surface area contributed by atoms with E-state index in [1.54, 1.807) is 0 Å². The van der Waals surface area contributed by atoms with Gasteiger partial charge in [0.05, 0.1) is 6.20 Å². The predicted octanol–water partition coefficient (Wildman–Crippen LogP) is 4.25. The summed E-state index contributed by atoms with van der Waals surface area (Å²) < 4.78 is 1.82. The van der Waals surface area contributed by atoms with Crippen LogP contribution in [0.1, 0.15) is 47.2 Å². The summed E-state index contributed by atoms with van der Waals surface area (Å²) in [6.45, 7) is 3.63. The minimum atomic E-state index is 0.0877. The number of hydrogen-bond acceptors (Lipinski definition) is 3. The maximum absolute atomic E-state index is 12.9. The lowest BCUT2D eigenvalue weighted by Crippen LogP contribution is -2.38. The molecule has 5 heteroatoms. The average Bonchev–Trinajstić information content (AvgIpc) is 3.20. The number of nitrogen functional groups attached to an aromatic ring is 1. The number of aryl methyl sites for hydroxylation is 2. The van der Waals surface area contributed by atoms with Crippen LogP contribution in [0.15, 0.2) is 54.9 Å². The van der Waals surface area contributed by atoms with Crippen molar-refractivity contribution in [3.05, 3.63) is 71.5 Å². The zero-order valence-corrected chi connectivity index (χ0v) is 17.1. The number of piperidine rings is 1. The van der Waals surface area contributed by atoms with Crippen LogP contribution >= 0.6 is 0 Å². The van der Waals surface area contributed by atoms with Crippen LogP contribution < -0.4 is 5.73 Å². The number of amides is 1. The fraction of sp³-hybridized carbons (Fsp3) is 0.333. The van der Waals surface area contributed by atoms with Gasteiger partial charge in [0.15, 0.2) is 0 Å². The zero-order valence-electron chi connectivity index (χ0n) is 17.1. The van der Waals surface area contributed by atoms with E-state index in [2.05, 4.69) is 36.3 Å². The smallest absolute Gasteiger partial charge is 0.253 e. The number of rotatable bonds is 4. The Morgan fingerprint density at radius 2 is 1.83 bits per heavy atom. The summed E-state index contributed by atoms with van der Waals surface area (Å²) in [6.07, 6.45) is 6.77. The Morgan fingerprint density at radius 1 is 1.10 bits per heavy atom.